The minimum absolute atomic E-state index is 0.0938. The van der Waals surface area contributed by atoms with E-state index in [0.29, 0.717) is 5.39 Å². The van der Waals surface area contributed by atoms with Crippen LogP contribution in [0.25, 0.3) is 10.9 Å². The quantitative estimate of drug-likeness (QED) is 0.448. The van der Waals surface area contributed by atoms with E-state index in [9.17, 15) is 14.9 Å². The summed E-state index contributed by atoms with van der Waals surface area (Å²) >= 11 is 0. The molecule has 0 fully saturated rings. The Labute approximate surface area is 96.0 Å². The van der Waals surface area contributed by atoms with Gasteiger partial charge in [0.25, 0.3) is 0 Å². The summed E-state index contributed by atoms with van der Waals surface area (Å²) in [7, 11) is 1.18. The number of pyridine rings is 1. The van der Waals surface area contributed by atoms with Crippen molar-refractivity contribution in [2.45, 2.75) is 0 Å². The Bertz CT molecular complexity index is 609. The highest BCUT2D eigenvalue weighted by Crippen LogP contribution is 2.28. The Morgan fingerprint density at radius 2 is 2.18 bits per heavy atom. The molecule has 0 unspecified atom stereocenters. The van der Waals surface area contributed by atoms with Crippen LogP contribution in [0.1, 0.15) is 10.4 Å². The highest BCUT2D eigenvalue weighted by Gasteiger charge is 2.24. The van der Waals surface area contributed by atoms with Gasteiger partial charge in [-0.25, -0.2) is 9.78 Å². The average Bonchev–Trinajstić information content (AvgIpc) is 2.36. The number of aromatic nitrogens is 1. The first-order valence-electron chi connectivity index (χ1n) is 4.75. The maximum Gasteiger partial charge on any atom is 0.344 e. The van der Waals surface area contributed by atoms with Crippen LogP contribution in [0, 0.1) is 10.1 Å². The fourth-order valence-electron chi connectivity index (χ4n) is 1.59. The van der Waals surface area contributed by atoms with Crippen LogP contribution in [0.2, 0.25) is 0 Å². The van der Waals surface area contributed by atoms with Crippen molar-refractivity contribution in [1.82, 2.24) is 4.98 Å². The van der Waals surface area contributed by atoms with Crippen LogP contribution in [-0.2, 0) is 4.74 Å². The second kappa shape index (κ2) is 4.17. The van der Waals surface area contributed by atoms with Gasteiger partial charge in [-0.05, 0) is 12.1 Å². The van der Waals surface area contributed by atoms with E-state index in [1.807, 2.05) is 0 Å². The van der Waals surface area contributed by atoms with Crippen molar-refractivity contribution in [3.63, 3.8) is 0 Å². The molecule has 0 N–H and O–H groups in total. The third-order valence-electron chi connectivity index (χ3n) is 2.34. The Morgan fingerprint density at radius 1 is 1.41 bits per heavy atom. The van der Waals surface area contributed by atoms with Gasteiger partial charge in [-0.3, -0.25) is 10.1 Å². The molecule has 0 saturated heterocycles. The number of carbonyl (C=O) groups excluding carboxylic acids is 1. The van der Waals surface area contributed by atoms with Crippen LogP contribution in [0.5, 0.6) is 0 Å². The van der Waals surface area contributed by atoms with Gasteiger partial charge >= 0.3 is 11.7 Å². The number of hydrogen-bond acceptors (Lipinski definition) is 5. The highest BCUT2D eigenvalue weighted by molar-refractivity contribution is 6.02. The number of nitrogens with zero attached hydrogens (tertiary/aromatic N) is 2. The summed E-state index contributed by atoms with van der Waals surface area (Å²) in [6.45, 7) is 0. The summed E-state index contributed by atoms with van der Waals surface area (Å²) in [5, 5.41) is 11.6. The molecular formula is C11H8N2O4. The smallest absolute Gasteiger partial charge is 0.344 e. The molecule has 0 spiro atoms. The lowest BCUT2D eigenvalue weighted by molar-refractivity contribution is -0.383. The summed E-state index contributed by atoms with van der Waals surface area (Å²) in [6, 6.07) is 6.33. The Kier molecular flexibility index (Phi) is 2.70. The fourth-order valence-corrected chi connectivity index (χ4v) is 1.59. The van der Waals surface area contributed by atoms with Crippen molar-refractivity contribution in [3.05, 3.63) is 46.1 Å². The molecule has 6 nitrogen and oxygen atoms in total. The molecule has 1 heterocycles. The number of nitro groups is 1. The summed E-state index contributed by atoms with van der Waals surface area (Å²) in [5.41, 5.74) is -0.237. The van der Waals surface area contributed by atoms with Crippen molar-refractivity contribution in [2.75, 3.05) is 7.11 Å². The molecule has 2 aromatic rings. The molecule has 2 rings (SSSR count). The predicted octanol–water partition coefficient (Wildman–Crippen LogP) is 1.93. The molecule has 1 aromatic carbocycles. The zero-order valence-electron chi connectivity index (χ0n) is 8.91. The maximum absolute atomic E-state index is 11.4. The zero-order chi connectivity index (χ0) is 12.4. The van der Waals surface area contributed by atoms with Crippen molar-refractivity contribution < 1.29 is 14.5 Å². The topological polar surface area (TPSA) is 82.3 Å². The molecule has 0 aliphatic heterocycles. The van der Waals surface area contributed by atoms with Crippen molar-refractivity contribution >= 4 is 22.6 Å². The van der Waals surface area contributed by atoms with Crippen molar-refractivity contribution in [1.29, 1.82) is 0 Å². The third kappa shape index (κ3) is 1.80. The van der Waals surface area contributed by atoms with Crippen LogP contribution in [-0.4, -0.2) is 23.0 Å². The fraction of sp³-hybridized carbons (Fsp3) is 0.0909. The van der Waals surface area contributed by atoms with E-state index in [1.54, 1.807) is 18.2 Å². The van der Waals surface area contributed by atoms with Gasteiger partial charge in [0.1, 0.15) is 11.1 Å². The molecule has 0 amide bonds. The van der Waals surface area contributed by atoms with E-state index in [0.717, 1.165) is 0 Å². The normalized spacial score (nSPS) is 10.2. The first-order chi connectivity index (χ1) is 8.15. The lowest BCUT2D eigenvalue weighted by Gasteiger charge is -2.03. The van der Waals surface area contributed by atoms with Gasteiger partial charge in [0.15, 0.2) is 0 Å². The Balaban J connectivity index is 2.82. The lowest BCUT2D eigenvalue weighted by Crippen LogP contribution is -2.06. The molecule has 0 saturated carbocycles. The number of ether oxygens (including phenoxy) is 1. The number of fused-ring (bicyclic) bond motifs is 1. The molecule has 6 heteroatoms. The lowest BCUT2D eigenvalue weighted by atomic mass is 10.1. The van der Waals surface area contributed by atoms with Crippen LogP contribution < -0.4 is 0 Å². The predicted molar refractivity (Wildman–Crippen MR) is 59.7 cm³/mol. The molecule has 0 radical (unpaired) electrons. The summed E-state index contributed by atoms with van der Waals surface area (Å²) in [4.78, 5) is 25.7. The molecule has 0 bridgehead atoms. The van der Waals surface area contributed by atoms with E-state index < -0.39 is 10.9 Å². The Morgan fingerprint density at radius 3 is 2.82 bits per heavy atom. The minimum Gasteiger partial charge on any atom is -0.465 e. The van der Waals surface area contributed by atoms with Gasteiger partial charge in [0, 0.05) is 11.6 Å². The number of carbonyl (C=O) groups is 1. The van der Waals surface area contributed by atoms with Gasteiger partial charge < -0.3 is 4.74 Å². The van der Waals surface area contributed by atoms with Crippen LogP contribution in [0.3, 0.4) is 0 Å². The van der Waals surface area contributed by atoms with Crippen molar-refractivity contribution in [2.24, 2.45) is 0 Å². The minimum atomic E-state index is -0.746. The second-order valence-corrected chi connectivity index (χ2v) is 3.29. The van der Waals surface area contributed by atoms with Gasteiger partial charge in [-0.1, -0.05) is 12.1 Å². The summed E-state index contributed by atoms with van der Waals surface area (Å²) in [6.07, 6.45) is 1.44. The summed E-state index contributed by atoms with van der Waals surface area (Å²) in [5.74, 6) is -0.746. The van der Waals surface area contributed by atoms with Gasteiger partial charge in [0.05, 0.1) is 12.0 Å². The molecule has 86 valence electrons. The first kappa shape index (κ1) is 11.0. The SMILES string of the molecule is COC(=O)c1ccc2cccnc2c1[N+](=O)[O-]. The number of benzene rings is 1. The number of nitro benzene ring substituents is 1. The van der Waals surface area contributed by atoms with E-state index in [2.05, 4.69) is 9.72 Å². The summed E-state index contributed by atoms with van der Waals surface area (Å²) < 4.78 is 4.50. The van der Waals surface area contributed by atoms with E-state index in [1.165, 1.54) is 19.4 Å². The largest absolute Gasteiger partial charge is 0.465 e. The van der Waals surface area contributed by atoms with E-state index in [4.69, 9.17) is 0 Å². The zero-order valence-corrected chi connectivity index (χ0v) is 8.91. The number of rotatable bonds is 2. The molecule has 1 aromatic heterocycles. The monoisotopic (exact) mass is 232 g/mol. The maximum atomic E-state index is 11.4. The number of esters is 1. The van der Waals surface area contributed by atoms with Gasteiger partial charge in [-0.15, -0.1) is 0 Å². The molecule has 17 heavy (non-hydrogen) atoms. The van der Waals surface area contributed by atoms with Gasteiger partial charge in [-0.2, -0.15) is 0 Å². The van der Waals surface area contributed by atoms with Crippen molar-refractivity contribution in [3.8, 4) is 0 Å². The van der Waals surface area contributed by atoms with E-state index in [-0.39, 0.29) is 16.8 Å². The number of methoxy groups -OCH3 is 1. The molecule has 0 aliphatic carbocycles. The average molecular weight is 232 g/mol. The standard InChI is InChI=1S/C11H8N2O4/c1-17-11(14)8-5-4-7-3-2-6-12-9(7)10(8)13(15)16/h2-6H,1H3. The third-order valence-corrected chi connectivity index (χ3v) is 2.34. The van der Waals surface area contributed by atoms with Crippen LogP contribution in [0.4, 0.5) is 5.69 Å². The van der Waals surface area contributed by atoms with Crippen LogP contribution >= 0.6 is 0 Å². The first-order valence-corrected chi connectivity index (χ1v) is 4.75. The van der Waals surface area contributed by atoms with E-state index >= 15 is 0 Å². The Hall–Kier alpha value is -2.50. The molecule has 0 aliphatic rings. The van der Waals surface area contributed by atoms with Gasteiger partial charge in [0.2, 0.25) is 0 Å². The second-order valence-electron chi connectivity index (χ2n) is 3.29. The molecule has 0 atom stereocenters. The number of hydrogen-bond donors (Lipinski definition) is 0. The molecular weight excluding hydrogens is 224 g/mol. The highest BCUT2D eigenvalue weighted by atomic mass is 16.6. The van der Waals surface area contributed by atoms with Crippen LogP contribution in [0.15, 0.2) is 30.5 Å².